The Morgan fingerprint density at radius 1 is 1.12 bits per heavy atom. The van der Waals surface area contributed by atoms with E-state index in [-0.39, 0.29) is 23.0 Å². The maximum atomic E-state index is 12.6. The monoisotopic (exact) mass is 517 g/mol. The van der Waals surface area contributed by atoms with Crippen LogP contribution < -0.4 is 9.47 Å². The molecule has 1 amide bonds. The van der Waals surface area contributed by atoms with E-state index in [0.717, 1.165) is 11.8 Å². The molecule has 2 aromatic rings. The van der Waals surface area contributed by atoms with Crippen LogP contribution in [0.2, 0.25) is 0 Å². The van der Waals surface area contributed by atoms with Crippen LogP contribution in [0.4, 0.5) is 0 Å². The Bertz CT molecular complexity index is 1140. The summed E-state index contributed by atoms with van der Waals surface area (Å²) < 4.78 is 16.4. The molecule has 0 fully saturated rings. The third-order valence-corrected chi connectivity index (χ3v) is 6.09. The number of rotatable bonds is 6. The van der Waals surface area contributed by atoms with Crippen LogP contribution in [0.3, 0.4) is 0 Å². The van der Waals surface area contributed by atoms with Gasteiger partial charge in [0.2, 0.25) is 0 Å². The van der Waals surface area contributed by atoms with E-state index in [2.05, 4.69) is 20.9 Å². The number of ether oxygens (including phenoxy) is 3. The zero-order chi connectivity index (χ0) is 23.3. The second kappa shape index (κ2) is 10.5. The fraction of sp³-hybridized carbons (Fsp3) is 0.174. The van der Waals surface area contributed by atoms with Crippen molar-refractivity contribution in [1.82, 2.24) is 0 Å². The first-order valence-electron chi connectivity index (χ1n) is 9.49. The van der Waals surface area contributed by atoms with Crippen LogP contribution in [0.5, 0.6) is 11.5 Å². The summed E-state index contributed by atoms with van der Waals surface area (Å²) in [5, 5.41) is 10.9. The molecule has 2 aromatic carbocycles. The van der Waals surface area contributed by atoms with Gasteiger partial charge in [-0.05, 0) is 42.8 Å². The lowest BCUT2D eigenvalue weighted by molar-refractivity contribution is -0.138. The van der Waals surface area contributed by atoms with Crippen LogP contribution >= 0.6 is 27.7 Å². The second-order valence-corrected chi connectivity index (χ2v) is 8.26. The fourth-order valence-electron chi connectivity index (χ4n) is 2.85. The molecule has 0 radical (unpaired) electrons. The molecule has 0 atom stereocenters. The Morgan fingerprint density at radius 3 is 2.41 bits per heavy atom. The molecule has 7 nitrogen and oxygen atoms in total. The largest absolute Gasteiger partial charge is 0.506 e. The van der Waals surface area contributed by atoms with Crippen LogP contribution in [0.1, 0.15) is 22.8 Å². The third-order valence-electron chi connectivity index (χ3n) is 4.38. The molecule has 166 valence electrons. The molecule has 0 saturated heterocycles. The van der Waals surface area contributed by atoms with Gasteiger partial charge in [0.15, 0.2) is 11.5 Å². The van der Waals surface area contributed by atoms with E-state index in [1.165, 1.54) is 14.2 Å². The van der Waals surface area contributed by atoms with Gasteiger partial charge in [-0.25, -0.2) is 9.79 Å². The first-order valence-corrected chi connectivity index (χ1v) is 11.1. The van der Waals surface area contributed by atoms with Crippen molar-refractivity contribution in [3.63, 3.8) is 0 Å². The molecular formula is C23H20BrNO6S. The summed E-state index contributed by atoms with van der Waals surface area (Å²) in [6, 6.07) is 11.9. The third kappa shape index (κ3) is 5.05. The Hall–Kier alpha value is -3.04. The number of carbonyl (C=O) groups excluding carboxylic acids is 2. The molecule has 32 heavy (non-hydrogen) atoms. The predicted octanol–water partition coefficient (Wildman–Crippen LogP) is 5.17. The fourth-order valence-corrected chi connectivity index (χ4v) is 4.29. The van der Waals surface area contributed by atoms with Gasteiger partial charge in [0.05, 0.1) is 25.7 Å². The Labute approximate surface area is 197 Å². The molecule has 0 saturated carbocycles. The average molecular weight is 518 g/mol. The molecule has 0 aliphatic carbocycles. The molecule has 0 spiro atoms. The Balaban J connectivity index is 2.06. The smallest absolute Gasteiger partial charge is 0.344 e. The number of methoxy groups -OCH3 is 2. The normalized spacial score (nSPS) is 15.9. The first-order chi connectivity index (χ1) is 15.4. The number of aliphatic hydroxyl groups is 1. The summed E-state index contributed by atoms with van der Waals surface area (Å²) in [5.41, 5.74) is 0.878. The molecule has 0 unspecified atom stereocenters. The Kier molecular flexibility index (Phi) is 7.76. The van der Waals surface area contributed by atoms with Crippen molar-refractivity contribution < 1.29 is 28.9 Å². The highest BCUT2D eigenvalue weighted by Crippen LogP contribution is 2.41. The number of nitrogens with zero attached hydrogens (tertiary/aromatic N) is 1. The van der Waals surface area contributed by atoms with Crippen molar-refractivity contribution in [3.8, 4) is 11.5 Å². The van der Waals surface area contributed by atoms with Crippen molar-refractivity contribution in [2.24, 2.45) is 4.99 Å². The van der Waals surface area contributed by atoms with Crippen molar-refractivity contribution in [3.05, 3.63) is 74.3 Å². The van der Waals surface area contributed by atoms with Gasteiger partial charge in [0, 0.05) is 10.0 Å². The van der Waals surface area contributed by atoms with E-state index in [9.17, 15) is 14.7 Å². The number of aliphatic imine (C=N–C) groups is 1. The molecule has 0 aromatic heterocycles. The molecule has 1 N–H and O–H groups in total. The van der Waals surface area contributed by atoms with Gasteiger partial charge in [-0.3, -0.25) is 4.79 Å². The number of carbonyl (C=O) groups is 2. The number of amides is 1. The van der Waals surface area contributed by atoms with Gasteiger partial charge in [0.1, 0.15) is 16.4 Å². The number of hydrogen-bond donors (Lipinski definition) is 1. The summed E-state index contributed by atoms with van der Waals surface area (Å²) in [7, 11) is 3.05. The SMILES string of the molecule is CCOC(=O)C1=C(O)/C(=C/c2cc(OC)c(OC)cc2Br)SC1=NC(=O)c1ccccc1. The molecule has 1 aliphatic rings. The highest BCUT2D eigenvalue weighted by molar-refractivity contribution is 9.10. The van der Waals surface area contributed by atoms with E-state index in [1.807, 2.05) is 0 Å². The van der Waals surface area contributed by atoms with E-state index in [0.29, 0.717) is 32.0 Å². The summed E-state index contributed by atoms with van der Waals surface area (Å²) >= 11 is 4.47. The zero-order valence-corrected chi connectivity index (χ0v) is 20.0. The highest BCUT2D eigenvalue weighted by atomic mass is 79.9. The molecule has 0 bridgehead atoms. The molecule has 1 heterocycles. The number of aliphatic hydroxyl groups excluding tert-OH is 1. The molecule has 9 heteroatoms. The lowest BCUT2D eigenvalue weighted by atomic mass is 10.1. The number of esters is 1. The van der Waals surface area contributed by atoms with Crippen molar-refractivity contribution in [2.75, 3.05) is 20.8 Å². The quantitative estimate of drug-likeness (QED) is 0.528. The van der Waals surface area contributed by atoms with Crippen LogP contribution in [0.25, 0.3) is 6.08 Å². The maximum absolute atomic E-state index is 12.6. The van der Waals surface area contributed by atoms with E-state index in [1.54, 1.807) is 55.5 Å². The lowest BCUT2D eigenvalue weighted by Crippen LogP contribution is -2.14. The van der Waals surface area contributed by atoms with Crippen LogP contribution in [0, 0.1) is 0 Å². The second-order valence-electron chi connectivity index (χ2n) is 6.37. The predicted molar refractivity (Wildman–Crippen MR) is 127 cm³/mol. The summed E-state index contributed by atoms with van der Waals surface area (Å²) in [4.78, 5) is 29.5. The van der Waals surface area contributed by atoms with Gasteiger partial charge < -0.3 is 19.3 Å². The summed E-state index contributed by atoms with van der Waals surface area (Å²) in [6.07, 6.45) is 1.65. The highest BCUT2D eigenvalue weighted by Gasteiger charge is 2.34. The standard InChI is InChI=1S/C23H20BrNO6S/c1-4-31-23(28)19-20(26)18(11-14-10-16(29-2)17(30-3)12-15(14)24)32-22(19)25-21(27)13-8-6-5-7-9-13/h5-12,26H,4H2,1-3H3/b18-11-,25-22?. The Morgan fingerprint density at radius 2 is 1.78 bits per heavy atom. The van der Waals surface area contributed by atoms with Gasteiger partial charge >= 0.3 is 5.97 Å². The molecule has 1 aliphatic heterocycles. The minimum absolute atomic E-state index is 0.0673. The van der Waals surface area contributed by atoms with Gasteiger partial charge in [-0.15, -0.1) is 0 Å². The number of halogens is 1. The number of hydrogen-bond acceptors (Lipinski definition) is 7. The minimum atomic E-state index is -0.758. The van der Waals surface area contributed by atoms with Gasteiger partial charge in [0.25, 0.3) is 5.91 Å². The zero-order valence-electron chi connectivity index (χ0n) is 17.5. The van der Waals surface area contributed by atoms with Crippen molar-refractivity contribution in [1.29, 1.82) is 0 Å². The lowest BCUT2D eigenvalue weighted by Gasteiger charge is -2.10. The topological polar surface area (TPSA) is 94.4 Å². The average Bonchev–Trinajstić information content (AvgIpc) is 3.09. The number of thioether (sulfide) groups is 1. The van der Waals surface area contributed by atoms with Crippen molar-refractivity contribution >= 4 is 50.7 Å². The maximum Gasteiger partial charge on any atom is 0.344 e. The van der Waals surface area contributed by atoms with Crippen LogP contribution in [-0.2, 0) is 9.53 Å². The van der Waals surface area contributed by atoms with Crippen LogP contribution in [-0.4, -0.2) is 42.9 Å². The van der Waals surface area contributed by atoms with Gasteiger partial charge in [-0.1, -0.05) is 45.9 Å². The minimum Gasteiger partial charge on any atom is -0.506 e. The van der Waals surface area contributed by atoms with Gasteiger partial charge in [-0.2, -0.15) is 0 Å². The van der Waals surface area contributed by atoms with E-state index >= 15 is 0 Å². The van der Waals surface area contributed by atoms with Crippen molar-refractivity contribution in [2.45, 2.75) is 6.92 Å². The number of benzene rings is 2. The van der Waals surface area contributed by atoms with Crippen LogP contribution in [0.15, 0.2) is 68.2 Å². The summed E-state index contributed by atoms with van der Waals surface area (Å²) in [6.45, 7) is 1.77. The first kappa shape index (κ1) is 23.6. The molecular weight excluding hydrogens is 498 g/mol. The molecule has 3 rings (SSSR count). The summed E-state index contributed by atoms with van der Waals surface area (Å²) in [5.74, 6) is -0.575. The van der Waals surface area contributed by atoms with E-state index in [4.69, 9.17) is 14.2 Å². The van der Waals surface area contributed by atoms with E-state index < -0.39 is 11.9 Å².